The molecule has 2 rings (SSSR count). The number of halogens is 1. The number of anilines is 1. The van der Waals surface area contributed by atoms with Crippen molar-refractivity contribution in [3.05, 3.63) is 47.1 Å². The van der Waals surface area contributed by atoms with Crippen molar-refractivity contribution in [2.45, 2.75) is 13.3 Å². The monoisotopic (exact) mass is 248 g/mol. The molecular weight excluding hydrogens is 236 g/mol. The molecule has 0 saturated heterocycles. The minimum Gasteiger partial charge on any atom is -0.439 e. The molecule has 0 bridgehead atoms. The van der Waals surface area contributed by atoms with Crippen molar-refractivity contribution in [3.63, 3.8) is 0 Å². The first kappa shape index (κ1) is 11.7. The first-order valence-corrected chi connectivity index (χ1v) is 5.74. The number of ether oxygens (including phenoxy) is 1. The van der Waals surface area contributed by atoms with Crippen LogP contribution in [0, 0.1) is 0 Å². The van der Waals surface area contributed by atoms with Crippen LogP contribution in [-0.2, 0) is 6.42 Å². The zero-order valence-corrected chi connectivity index (χ0v) is 10.2. The highest BCUT2D eigenvalue weighted by molar-refractivity contribution is 6.31. The van der Waals surface area contributed by atoms with E-state index in [0.717, 1.165) is 17.0 Å². The molecule has 17 heavy (non-hydrogen) atoms. The second-order valence-electron chi connectivity index (χ2n) is 3.64. The highest BCUT2D eigenvalue weighted by atomic mass is 35.5. The maximum atomic E-state index is 6.03. The Morgan fingerprint density at radius 2 is 2.12 bits per heavy atom. The van der Waals surface area contributed by atoms with Gasteiger partial charge in [-0.2, -0.15) is 0 Å². The maximum Gasteiger partial charge on any atom is 0.221 e. The molecule has 4 heteroatoms. The Morgan fingerprint density at radius 1 is 1.29 bits per heavy atom. The lowest BCUT2D eigenvalue weighted by Crippen LogP contribution is -1.92. The molecule has 1 aromatic carbocycles. The van der Waals surface area contributed by atoms with Crippen molar-refractivity contribution in [1.29, 1.82) is 0 Å². The van der Waals surface area contributed by atoms with Gasteiger partial charge in [0.15, 0.2) is 0 Å². The van der Waals surface area contributed by atoms with E-state index in [4.69, 9.17) is 22.1 Å². The molecule has 0 atom stereocenters. The number of benzene rings is 1. The Hall–Kier alpha value is -1.74. The fourth-order valence-electron chi connectivity index (χ4n) is 1.49. The number of nitrogen functional groups attached to an aromatic ring is 1. The summed E-state index contributed by atoms with van der Waals surface area (Å²) in [6.45, 7) is 2.05. The molecule has 0 radical (unpaired) electrons. The average Bonchev–Trinajstić information content (AvgIpc) is 2.32. The van der Waals surface area contributed by atoms with Crippen LogP contribution >= 0.6 is 11.6 Å². The molecule has 0 amide bonds. The van der Waals surface area contributed by atoms with Gasteiger partial charge in [-0.3, -0.25) is 0 Å². The van der Waals surface area contributed by atoms with Gasteiger partial charge in [-0.05, 0) is 36.2 Å². The molecule has 0 spiro atoms. The quantitative estimate of drug-likeness (QED) is 0.902. The van der Waals surface area contributed by atoms with Crippen LogP contribution in [-0.4, -0.2) is 4.98 Å². The molecule has 88 valence electrons. The van der Waals surface area contributed by atoms with Crippen molar-refractivity contribution in [1.82, 2.24) is 4.98 Å². The summed E-state index contributed by atoms with van der Waals surface area (Å²) in [6.07, 6.45) is 2.47. The number of nitrogens with two attached hydrogens (primary N) is 1. The number of rotatable bonds is 3. The summed E-state index contributed by atoms with van der Waals surface area (Å²) >= 11 is 6.03. The molecule has 0 fully saturated rings. The Morgan fingerprint density at radius 3 is 2.82 bits per heavy atom. The fourth-order valence-corrected chi connectivity index (χ4v) is 1.74. The topological polar surface area (TPSA) is 48.1 Å². The lowest BCUT2D eigenvalue weighted by Gasteiger charge is -2.07. The third-order valence-corrected chi connectivity index (χ3v) is 2.75. The van der Waals surface area contributed by atoms with Crippen LogP contribution in [0.2, 0.25) is 5.02 Å². The van der Waals surface area contributed by atoms with Gasteiger partial charge in [0.25, 0.3) is 0 Å². The summed E-state index contributed by atoms with van der Waals surface area (Å²) < 4.78 is 5.61. The Kier molecular flexibility index (Phi) is 3.49. The summed E-state index contributed by atoms with van der Waals surface area (Å²) in [7, 11) is 0. The first-order valence-electron chi connectivity index (χ1n) is 5.37. The summed E-state index contributed by atoms with van der Waals surface area (Å²) in [6, 6.07) is 8.94. The predicted octanol–water partition coefficient (Wildman–Crippen LogP) is 3.67. The third-order valence-electron chi connectivity index (χ3n) is 2.38. The van der Waals surface area contributed by atoms with Crippen LogP contribution in [0.15, 0.2) is 36.5 Å². The zero-order chi connectivity index (χ0) is 12.3. The molecule has 1 heterocycles. The van der Waals surface area contributed by atoms with Crippen molar-refractivity contribution in [3.8, 4) is 11.6 Å². The van der Waals surface area contributed by atoms with Crippen LogP contribution in [0.1, 0.15) is 12.5 Å². The first-order chi connectivity index (χ1) is 8.19. The molecule has 0 aliphatic heterocycles. The highest BCUT2D eigenvalue weighted by Crippen LogP contribution is 2.26. The second-order valence-corrected chi connectivity index (χ2v) is 4.04. The van der Waals surface area contributed by atoms with E-state index in [9.17, 15) is 0 Å². The Bertz CT molecular complexity index is 529. The summed E-state index contributed by atoms with van der Waals surface area (Å²) in [5, 5.41) is 0.750. The molecule has 0 unspecified atom stereocenters. The maximum absolute atomic E-state index is 6.03. The summed E-state index contributed by atoms with van der Waals surface area (Å²) in [5.41, 5.74) is 7.33. The highest BCUT2D eigenvalue weighted by Gasteiger charge is 2.03. The number of hydrogen-bond donors (Lipinski definition) is 1. The van der Waals surface area contributed by atoms with Crippen LogP contribution in [0.25, 0.3) is 0 Å². The smallest absolute Gasteiger partial charge is 0.221 e. The van der Waals surface area contributed by atoms with E-state index in [2.05, 4.69) is 4.98 Å². The van der Waals surface area contributed by atoms with Crippen molar-refractivity contribution in [2.24, 2.45) is 0 Å². The van der Waals surface area contributed by atoms with Gasteiger partial charge in [0.05, 0.1) is 0 Å². The fraction of sp³-hybridized carbons (Fsp3) is 0.154. The van der Waals surface area contributed by atoms with Crippen molar-refractivity contribution < 1.29 is 4.74 Å². The molecule has 2 aromatic rings. The van der Waals surface area contributed by atoms with Crippen molar-refractivity contribution >= 4 is 17.3 Å². The van der Waals surface area contributed by atoms with Gasteiger partial charge in [-0.1, -0.05) is 18.5 Å². The van der Waals surface area contributed by atoms with Gasteiger partial charge in [-0.15, -0.1) is 0 Å². The summed E-state index contributed by atoms with van der Waals surface area (Å²) in [5.74, 6) is 1.19. The van der Waals surface area contributed by atoms with Crippen LogP contribution in [0.3, 0.4) is 0 Å². The number of hydrogen-bond acceptors (Lipinski definition) is 3. The normalized spacial score (nSPS) is 10.2. The Labute approximate surface area is 105 Å². The van der Waals surface area contributed by atoms with E-state index in [0.29, 0.717) is 17.3 Å². The molecule has 3 nitrogen and oxygen atoms in total. The van der Waals surface area contributed by atoms with Gasteiger partial charge < -0.3 is 10.5 Å². The number of aryl methyl sites for hydroxylation is 1. The van der Waals surface area contributed by atoms with Crippen molar-refractivity contribution in [2.75, 3.05) is 5.73 Å². The van der Waals surface area contributed by atoms with Crippen LogP contribution in [0.4, 0.5) is 5.69 Å². The van der Waals surface area contributed by atoms with Gasteiger partial charge in [0.2, 0.25) is 5.88 Å². The minimum atomic E-state index is 0.481. The Balaban J connectivity index is 2.24. The molecule has 0 saturated carbocycles. The number of nitrogens with zero attached hydrogens (tertiary/aromatic N) is 1. The van der Waals surface area contributed by atoms with E-state index < -0.39 is 0 Å². The minimum absolute atomic E-state index is 0.481. The van der Waals surface area contributed by atoms with Crippen LogP contribution < -0.4 is 10.5 Å². The van der Waals surface area contributed by atoms with E-state index in [1.54, 1.807) is 18.3 Å². The van der Waals surface area contributed by atoms with E-state index >= 15 is 0 Å². The zero-order valence-electron chi connectivity index (χ0n) is 9.48. The molecule has 0 aliphatic carbocycles. The number of pyridine rings is 1. The largest absolute Gasteiger partial charge is 0.439 e. The van der Waals surface area contributed by atoms with Gasteiger partial charge >= 0.3 is 0 Å². The molecule has 1 aromatic heterocycles. The lowest BCUT2D eigenvalue weighted by atomic mass is 10.1. The molecular formula is C13H13ClN2O. The average molecular weight is 249 g/mol. The second kappa shape index (κ2) is 5.06. The van der Waals surface area contributed by atoms with E-state index in [-0.39, 0.29) is 0 Å². The molecule has 0 aliphatic rings. The molecule has 2 N–H and O–H groups in total. The lowest BCUT2D eigenvalue weighted by molar-refractivity contribution is 0.463. The van der Waals surface area contributed by atoms with E-state index in [1.165, 1.54) is 0 Å². The van der Waals surface area contributed by atoms with Gasteiger partial charge in [0, 0.05) is 23.0 Å². The third kappa shape index (κ3) is 2.88. The summed E-state index contributed by atoms with van der Waals surface area (Å²) in [4.78, 5) is 4.08. The standard InChI is InChI=1S/C13H13ClN2O/c1-2-9-7-11(3-4-12(9)14)17-13-8-10(15)5-6-16-13/h3-8H,2H2,1H3,(H2,15,16). The number of aromatic nitrogens is 1. The van der Waals surface area contributed by atoms with E-state index in [1.807, 2.05) is 25.1 Å². The predicted molar refractivity (Wildman–Crippen MR) is 69.6 cm³/mol. The van der Waals surface area contributed by atoms with Crippen LogP contribution in [0.5, 0.6) is 11.6 Å². The SMILES string of the molecule is CCc1cc(Oc2cc(N)ccn2)ccc1Cl. The van der Waals surface area contributed by atoms with Gasteiger partial charge in [0.1, 0.15) is 5.75 Å². The van der Waals surface area contributed by atoms with Gasteiger partial charge in [-0.25, -0.2) is 4.98 Å².